The minimum absolute atomic E-state index is 0.0615. The Morgan fingerprint density at radius 3 is 2.71 bits per heavy atom. The van der Waals surface area contributed by atoms with Crippen molar-refractivity contribution in [3.63, 3.8) is 0 Å². The molecule has 0 amide bonds. The van der Waals surface area contributed by atoms with Crippen LogP contribution < -0.4 is 0 Å². The second-order valence-corrected chi connectivity index (χ2v) is 4.73. The van der Waals surface area contributed by atoms with E-state index >= 15 is 0 Å². The second kappa shape index (κ2) is 6.11. The van der Waals surface area contributed by atoms with Gasteiger partial charge < -0.3 is 4.42 Å². The standard InChI is InChI=1S/C15H9F3N4O2/c16-15(17,18)12-4-10(7-23)3-11(5-12)14-20-8-22(21-14)2-1-13-6-19-9-24-13/h1-9H/b2-1-. The van der Waals surface area contributed by atoms with E-state index < -0.39 is 11.7 Å². The summed E-state index contributed by atoms with van der Waals surface area (Å²) in [5.74, 6) is 0.542. The quantitative estimate of drug-likeness (QED) is 0.684. The Kier molecular flexibility index (Phi) is 3.98. The molecule has 3 rings (SSSR count). The molecule has 0 aliphatic rings. The molecule has 0 spiro atoms. The maximum atomic E-state index is 12.9. The van der Waals surface area contributed by atoms with E-state index in [2.05, 4.69) is 15.1 Å². The molecule has 0 fully saturated rings. The van der Waals surface area contributed by atoms with Crippen LogP contribution in [-0.4, -0.2) is 26.0 Å². The highest BCUT2D eigenvalue weighted by Gasteiger charge is 2.31. The largest absolute Gasteiger partial charge is 0.444 e. The number of alkyl halides is 3. The van der Waals surface area contributed by atoms with Crippen LogP contribution in [0, 0.1) is 0 Å². The second-order valence-electron chi connectivity index (χ2n) is 4.73. The van der Waals surface area contributed by atoms with E-state index in [4.69, 9.17) is 4.42 Å². The first-order valence-corrected chi connectivity index (χ1v) is 6.61. The van der Waals surface area contributed by atoms with Gasteiger partial charge >= 0.3 is 6.18 Å². The highest BCUT2D eigenvalue weighted by atomic mass is 19.4. The van der Waals surface area contributed by atoms with E-state index in [-0.39, 0.29) is 17.0 Å². The summed E-state index contributed by atoms with van der Waals surface area (Å²) in [6.07, 6.45) is 2.92. The van der Waals surface area contributed by atoms with Crippen LogP contribution >= 0.6 is 0 Å². The van der Waals surface area contributed by atoms with Gasteiger partial charge in [-0.15, -0.1) is 5.10 Å². The first-order valence-electron chi connectivity index (χ1n) is 6.61. The fourth-order valence-electron chi connectivity index (χ4n) is 1.95. The molecule has 1 aromatic carbocycles. The van der Waals surface area contributed by atoms with Gasteiger partial charge in [-0.25, -0.2) is 14.6 Å². The summed E-state index contributed by atoms with van der Waals surface area (Å²) in [6.45, 7) is 0. The van der Waals surface area contributed by atoms with E-state index in [1.165, 1.54) is 35.9 Å². The predicted octanol–water partition coefficient (Wildman–Crippen LogP) is 3.39. The fraction of sp³-hybridized carbons (Fsp3) is 0.0667. The van der Waals surface area contributed by atoms with Gasteiger partial charge in [-0.2, -0.15) is 13.2 Å². The molecule has 6 nitrogen and oxygen atoms in total. The zero-order valence-electron chi connectivity index (χ0n) is 11.9. The average Bonchev–Trinajstić information content (AvgIpc) is 3.23. The topological polar surface area (TPSA) is 73.8 Å². The van der Waals surface area contributed by atoms with Crippen molar-refractivity contribution in [1.29, 1.82) is 0 Å². The van der Waals surface area contributed by atoms with Crippen LogP contribution in [0.3, 0.4) is 0 Å². The number of carbonyl (C=O) groups excluding carboxylic acids is 1. The predicted molar refractivity (Wildman–Crippen MR) is 77.6 cm³/mol. The zero-order valence-corrected chi connectivity index (χ0v) is 11.9. The Morgan fingerprint density at radius 1 is 1.21 bits per heavy atom. The van der Waals surface area contributed by atoms with Gasteiger partial charge in [-0.3, -0.25) is 4.79 Å². The lowest BCUT2D eigenvalue weighted by molar-refractivity contribution is -0.137. The number of halogens is 3. The molecule has 0 unspecified atom stereocenters. The SMILES string of the molecule is O=Cc1cc(-c2ncn(/C=C\c3cnco3)n2)cc(C(F)(F)F)c1. The van der Waals surface area contributed by atoms with E-state index in [0.29, 0.717) is 12.0 Å². The molecule has 24 heavy (non-hydrogen) atoms. The van der Waals surface area contributed by atoms with Crippen LogP contribution in [0.25, 0.3) is 23.7 Å². The van der Waals surface area contributed by atoms with Crippen molar-refractivity contribution in [3.8, 4) is 11.4 Å². The molecule has 9 heteroatoms. The van der Waals surface area contributed by atoms with Crippen molar-refractivity contribution in [1.82, 2.24) is 19.7 Å². The summed E-state index contributed by atoms with van der Waals surface area (Å²) in [4.78, 5) is 18.6. The highest BCUT2D eigenvalue weighted by Crippen LogP contribution is 2.32. The molecule has 2 heterocycles. The number of benzene rings is 1. The van der Waals surface area contributed by atoms with Crippen molar-refractivity contribution in [2.45, 2.75) is 6.18 Å². The molecule has 0 atom stereocenters. The van der Waals surface area contributed by atoms with Crippen LogP contribution in [0.15, 0.2) is 41.5 Å². The van der Waals surface area contributed by atoms with Gasteiger partial charge in [0.25, 0.3) is 0 Å². The first-order chi connectivity index (χ1) is 11.5. The summed E-state index contributed by atoms with van der Waals surface area (Å²) in [7, 11) is 0. The summed E-state index contributed by atoms with van der Waals surface area (Å²) in [5.41, 5.74) is -0.942. The van der Waals surface area contributed by atoms with Gasteiger partial charge in [0.1, 0.15) is 18.4 Å². The number of nitrogens with zero attached hydrogens (tertiary/aromatic N) is 4. The van der Waals surface area contributed by atoms with Gasteiger partial charge in [0.2, 0.25) is 0 Å². The molecule has 3 aromatic rings. The van der Waals surface area contributed by atoms with E-state index in [1.807, 2.05) is 0 Å². The van der Waals surface area contributed by atoms with Crippen LogP contribution in [-0.2, 0) is 6.18 Å². The number of aldehydes is 1. The van der Waals surface area contributed by atoms with Crippen molar-refractivity contribution in [2.75, 3.05) is 0 Å². The third-order valence-electron chi connectivity index (χ3n) is 3.03. The summed E-state index contributed by atoms with van der Waals surface area (Å²) >= 11 is 0. The van der Waals surface area contributed by atoms with Crippen molar-refractivity contribution >= 4 is 18.6 Å². The van der Waals surface area contributed by atoms with E-state index in [1.54, 1.807) is 6.08 Å². The number of rotatable bonds is 4. The molecule has 0 N–H and O–H groups in total. The lowest BCUT2D eigenvalue weighted by Gasteiger charge is -2.08. The molecular formula is C15H9F3N4O2. The molecule has 0 saturated heterocycles. The molecular weight excluding hydrogens is 325 g/mol. The molecule has 0 aliphatic heterocycles. The molecule has 0 bridgehead atoms. The molecule has 0 saturated carbocycles. The fourth-order valence-corrected chi connectivity index (χ4v) is 1.95. The first kappa shape index (κ1) is 15.7. The molecule has 0 aliphatic carbocycles. The lowest BCUT2D eigenvalue weighted by atomic mass is 10.1. The monoisotopic (exact) mass is 334 g/mol. The number of carbonyl (C=O) groups is 1. The number of hydrogen-bond donors (Lipinski definition) is 0. The minimum atomic E-state index is -4.57. The molecule has 122 valence electrons. The number of hydrogen-bond acceptors (Lipinski definition) is 5. The molecule has 2 aromatic heterocycles. The molecule has 0 radical (unpaired) electrons. The third-order valence-corrected chi connectivity index (χ3v) is 3.03. The number of aromatic nitrogens is 4. The van der Waals surface area contributed by atoms with Crippen molar-refractivity contribution in [2.24, 2.45) is 0 Å². The number of oxazole rings is 1. The smallest absolute Gasteiger partial charge is 0.416 e. The van der Waals surface area contributed by atoms with Gasteiger partial charge in [-0.05, 0) is 18.2 Å². The normalized spacial score (nSPS) is 12.0. The van der Waals surface area contributed by atoms with Crippen LogP contribution in [0.2, 0.25) is 0 Å². The lowest BCUT2D eigenvalue weighted by Crippen LogP contribution is -2.06. The summed E-state index contributed by atoms with van der Waals surface area (Å²) in [6, 6.07) is 2.96. The van der Waals surface area contributed by atoms with Gasteiger partial charge in [0, 0.05) is 23.4 Å². The van der Waals surface area contributed by atoms with Gasteiger partial charge in [0.15, 0.2) is 12.2 Å². The van der Waals surface area contributed by atoms with Crippen molar-refractivity contribution in [3.05, 3.63) is 54.0 Å². The Bertz CT molecular complexity index is 883. The van der Waals surface area contributed by atoms with Gasteiger partial charge in [0.05, 0.1) is 11.8 Å². The maximum Gasteiger partial charge on any atom is 0.416 e. The average molecular weight is 334 g/mol. The Balaban J connectivity index is 1.93. The Hall–Kier alpha value is -3.23. The summed E-state index contributed by atoms with van der Waals surface area (Å²) < 4.78 is 45.0. The Labute approximate surface area is 133 Å². The van der Waals surface area contributed by atoms with Crippen molar-refractivity contribution < 1.29 is 22.4 Å². The highest BCUT2D eigenvalue weighted by molar-refractivity contribution is 5.78. The minimum Gasteiger partial charge on any atom is -0.444 e. The van der Waals surface area contributed by atoms with E-state index in [0.717, 1.165) is 12.1 Å². The Morgan fingerprint density at radius 2 is 2.04 bits per heavy atom. The van der Waals surface area contributed by atoms with Crippen LogP contribution in [0.4, 0.5) is 13.2 Å². The zero-order chi connectivity index (χ0) is 17.2. The van der Waals surface area contributed by atoms with E-state index in [9.17, 15) is 18.0 Å². The third kappa shape index (κ3) is 3.40. The summed E-state index contributed by atoms with van der Waals surface area (Å²) in [5, 5.41) is 4.05. The van der Waals surface area contributed by atoms with Crippen LogP contribution in [0.1, 0.15) is 21.7 Å². The maximum absolute atomic E-state index is 12.9. The van der Waals surface area contributed by atoms with Crippen LogP contribution in [0.5, 0.6) is 0 Å². The van der Waals surface area contributed by atoms with Gasteiger partial charge in [-0.1, -0.05) is 0 Å².